The predicted molar refractivity (Wildman–Crippen MR) is 90.1 cm³/mol. The largest absolute Gasteiger partial charge is 0.378 e. The summed E-state index contributed by atoms with van der Waals surface area (Å²) >= 11 is 0. The molecule has 0 aliphatic carbocycles. The lowest BCUT2D eigenvalue weighted by atomic mass is 9.75. The molecule has 132 valence electrons. The monoisotopic (exact) mass is 333 g/mol. The summed E-state index contributed by atoms with van der Waals surface area (Å²) in [7, 11) is 3.52. The fraction of sp³-hybridized carbons (Fsp3) is 0.706. The van der Waals surface area contributed by atoms with Crippen LogP contribution in [0.3, 0.4) is 0 Å². The fourth-order valence-corrected chi connectivity index (χ4v) is 4.03. The molecule has 4 heterocycles. The second kappa shape index (κ2) is 7.44. The highest BCUT2D eigenvalue weighted by Crippen LogP contribution is 2.37. The van der Waals surface area contributed by atoms with Gasteiger partial charge in [-0.15, -0.1) is 11.7 Å². The molecular formula is C17H27N5O2. The number of aromatic nitrogens is 3. The van der Waals surface area contributed by atoms with Gasteiger partial charge in [-0.2, -0.15) is 0 Å². The molecule has 0 N–H and O–H groups in total. The van der Waals surface area contributed by atoms with E-state index in [-0.39, 0.29) is 11.8 Å². The SMILES string of the molecule is C=CCN(C)C(=O)[C@H]1CN2CC[C@H]1C[C@@H]2Cn1cc(COC)nn1. The van der Waals surface area contributed by atoms with Gasteiger partial charge in [-0.1, -0.05) is 11.3 Å². The highest BCUT2D eigenvalue weighted by atomic mass is 16.5. The smallest absolute Gasteiger partial charge is 0.227 e. The Labute approximate surface area is 143 Å². The number of piperidine rings is 3. The van der Waals surface area contributed by atoms with Crippen molar-refractivity contribution in [3.05, 3.63) is 24.5 Å². The second-order valence-electron chi connectivity index (χ2n) is 6.91. The standard InChI is InChI=1S/C17H27N5O2/c1-4-6-20(2)17(23)16-11-21-7-5-13(16)8-15(21)10-22-9-14(12-24-3)18-19-22/h4,9,13,15-16H,1,5-8,10-12H2,2-3H3/t13-,15+,16-/m0/s1. The van der Waals surface area contributed by atoms with Crippen LogP contribution in [0.15, 0.2) is 18.9 Å². The minimum absolute atomic E-state index is 0.125. The summed E-state index contributed by atoms with van der Waals surface area (Å²) in [5.74, 6) is 0.854. The number of amides is 1. The summed E-state index contributed by atoms with van der Waals surface area (Å²) in [6, 6.07) is 0.439. The van der Waals surface area contributed by atoms with E-state index in [1.165, 1.54) is 0 Å². The van der Waals surface area contributed by atoms with Gasteiger partial charge in [0.25, 0.3) is 0 Å². The molecule has 1 amide bonds. The number of carbonyl (C=O) groups is 1. The van der Waals surface area contributed by atoms with Gasteiger partial charge in [0.2, 0.25) is 5.91 Å². The molecule has 0 saturated carbocycles. The van der Waals surface area contributed by atoms with Crippen molar-refractivity contribution in [2.75, 3.05) is 33.8 Å². The van der Waals surface area contributed by atoms with E-state index in [1.54, 1.807) is 18.1 Å². The third-order valence-corrected chi connectivity index (χ3v) is 5.25. The van der Waals surface area contributed by atoms with Gasteiger partial charge in [0, 0.05) is 33.3 Å². The van der Waals surface area contributed by atoms with Crippen molar-refractivity contribution in [2.24, 2.45) is 11.8 Å². The third-order valence-electron chi connectivity index (χ3n) is 5.25. The Morgan fingerprint density at radius 3 is 3.08 bits per heavy atom. The van der Waals surface area contributed by atoms with Crippen LogP contribution in [-0.2, 0) is 22.7 Å². The lowest BCUT2D eigenvalue weighted by molar-refractivity contribution is -0.142. The number of hydrogen-bond donors (Lipinski definition) is 0. The Bertz CT molecular complexity index is 587. The minimum atomic E-state index is 0.125. The Morgan fingerprint density at radius 1 is 1.58 bits per heavy atom. The Morgan fingerprint density at radius 2 is 2.42 bits per heavy atom. The molecule has 0 spiro atoms. The number of carbonyl (C=O) groups excluding carboxylic acids is 1. The van der Waals surface area contributed by atoms with Crippen LogP contribution >= 0.6 is 0 Å². The first-order chi connectivity index (χ1) is 11.6. The van der Waals surface area contributed by atoms with Crippen LogP contribution in [0.25, 0.3) is 0 Å². The maximum Gasteiger partial charge on any atom is 0.227 e. The molecule has 3 aliphatic rings. The van der Waals surface area contributed by atoms with E-state index in [0.29, 0.717) is 25.1 Å². The van der Waals surface area contributed by atoms with Crippen LogP contribution in [0.1, 0.15) is 18.5 Å². The fourth-order valence-electron chi connectivity index (χ4n) is 4.03. The first-order valence-electron chi connectivity index (χ1n) is 8.60. The molecule has 0 radical (unpaired) electrons. The number of rotatable bonds is 7. The van der Waals surface area contributed by atoms with E-state index >= 15 is 0 Å². The molecule has 24 heavy (non-hydrogen) atoms. The molecule has 3 saturated heterocycles. The van der Waals surface area contributed by atoms with Crippen LogP contribution in [0, 0.1) is 11.8 Å². The topological polar surface area (TPSA) is 63.5 Å². The molecule has 3 aliphatic heterocycles. The molecule has 2 bridgehead atoms. The molecular weight excluding hydrogens is 306 g/mol. The quantitative estimate of drug-likeness (QED) is 0.690. The normalized spacial score (nSPS) is 28.8. The van der Waals surface area contributed by atoms with E-state index in [1.807, 2.05) is 17.9 Å². The number of likely N-dealkylation sites (N-methyl/N-ethyl adjacent to an activating group) is 1. The van der Waals surface area contributed by atoms with Crippen molar-refractivity contribution in [3.63, 3.8) is 0 Å². The van der Waals surface area contributed by atoms with Crippen molar-refractivity contribution in [1.82, 2.24) is 24.8 Å². The molecule has 4 atom stereocenters. The van der Waals surface area contributed by atoms with Crippen molar-refractivity contribution < 1.29 is 9.53 Å². The average molecular weight is 333 g/mol. The molecule has 3 fully saturated rings. The third kappa shape index (κ3) is 3.52. The van der Waals surface area contributed by atoms with Crippen molar-refractivity contribution in [3.8, 4) is 0 Å². The Hall–Kier alpha value is -1.73. The van der Waals surface area contributed by atoms with Gasteiger partial charge in [-0.05, 0) is 25.3 Å². The Kier molecular flexibility index (Phi) is 5.30. The summed E-state index contributed by atoms with van der Waals surface area (Å²) in [6.07, 6.45) is 5.90. The summed E-state index contributed by atoms with van der Waals surface area (Å²) in [5, 5.41) is 8.31. The molecule has 1 unspecified atom stereocenters. The van der Waals surface area contributed by atoms with Crippen molar-refractivity contribution in [2.45, 2.75) is 32.0 Å². The number of nitrogens with zero attached hydrogens (tertiary/aromatic N) is 5. The predicted octanol–water partition coefficient (Wildman–Crippen LogP) is 0.779. The zero-order valence-corrected chi connectivity index (χ0v) is 14.6. The van der Waals surface area contributed by atoms with E-state index in [9.17, 15) is 4.79 Å². The zero-order valence-electron chi connectivity index (χ0n) is 14.6. The van der Waals surface area contributed by atoms with Gasteiger partial charge in [-0.3, -0.25) is 14.4 Å². The molecule has 7 heteroatoms. The lowest BCUT2D eigenvalue weighted by Crippen LogP contribution is -2.58. The number of hydrogen-bond acceptors (Lipinski definition) is 5. The molecule has 4 rings (SSSR count). The van der Waals surface area contributed by atoms with Crippen molar-refractivity contribution in [1.29, 1.82) is 0 Å². The van der Waals surface area contributed by atoms with E-state index in [4.69, 9.17) is 4.74 Å². The summed E-state index contributed by atoms with van der Waals surface area (Å²) in [6.45, 7) is 7.59. The highest BCUT2D eigenvalue weighted by molar-refractivity contribution is 5.79. The van der Waals surface area contributed by atoms with Gasteiger partial charge in [0.05, 0.1) is 25.3 Å². The van der Waals surface area contributed by atoms with Gasteiger partial charge < -0.3 is 9.64 Å². The van der Waals surface area contributed by atoms with Crippen LogP contribution in [-0.4, -0.2) is 70.5 Å². The average Bonchev–Trinajstić information content (AvgIpc) is 3.02. The van der Waals surface area contributed by atoms with E-state index in [2.05, 4.69) is 21.8 Å². The maximum absolute atomic E-state index is 12.6. The van der Waals surface area contributed by atoms with Crippen LogP contribution in [0.4, 0.5) is 0 Å². The molecule has 7 nitrogen and oxygen atoms in total. The summed E-state index contributed by atoms with van der Waals surface area (Å²) in [4.78, 5) is 16.9. The molecule has 1 aromatic heterocycles. The summed E-state index contributed by atoms with van der Waals surface area (Å²) in [5.41, 5.74) is 0.854. The minimum Gasteiger partial charge on any atom is -0.378 e. The van der Waals surface area contributed by atoms with Gasteiger partial charge >= 0.3 is 0 Å². The molecule has 1 aromatic rings. The number of fused-ring (bicyclic) bond motifs is 3. The zero-order chi connectivity index (χ0) is 17.1. The number of methoxy groups -OCH3 is 1. The maximum atomic E-state index is 12.6. The first kappa shape index (κ1) is 17.1. The van der Waals surface area contributed by atoms with E-state index < -0.39 is 0 Å². The number of ether oxygens (including phenoxy) is 1. The lowest BCUT2D eigenvalue weighted by Gasteiger charge is -2.49. The van der Waals surface area contributed by atoms with Crippen LogP contribution < -0.4 is 0 Å². The van der Waals surface area contributed by atoms with Crippen molar-refractivity contribution >= 4 is 5.91 Å². The van der Waals surface area contributed by atoms with Gasteiger partial charge in [0.1, 0.15) is 5.69 Å². The van der Waals surface area contributed by atoms with E-state index in [0.717, 1.165) is 38.2 Å². The van der Waals surface area contributed by atoms with Crippen LogP contribution in [0.5, 0.6) is 0 Å². The highest BCUT2D eigenvalue weighted by Gasteiger charge is 2.43. The van der Waals surface area contributed by atoms with Gasteiger partial charge in [-0.25, -0.2) is 0 Å². The van der Waals surface area contributed by atoms with Gasteiger partial charge in [0.15, 0.2) is 0 Å². The first-order valence-corrected chi connectivity index (χ1v) is 8.60. The second-order valence-corrected chi connectivity index (χ2v) is 6.91. The molecule has 0 aromatic carbocycles. The summed E-state index contributed by atoms with van der Waals surface area (Å²) < 4.78 is 6.99. The Balaban J connectivity index is 1.60. The van der Waals surface area contributed by atoms with Crippen LogP contribution in [0.2, 0.25) is 0 Å².